The van der Waals surface area contributed by atoms with Gasteiger partial charge in [0, 0.05) is 12.6 Å². The Morgan fingerprint density at radius 1 is 1.79 bits per heavy atom. The van der Waals surface area contributed by atoms with E-state index in [9.17, 15) is 4.79 Å². The number of H-pyrrole nitrogens is 1. The fourth-order valence-corrected chi connectivity index (χ4v) is 1.16. The van der Waals surface area contributed by atoms with Crippen LogP contribution >= 0.6 is 11.6 Å². The molecule has 0 saturated heterocycles. The number of anilines is 1. The van der Waals surface area contributed by atoms with E-state index < -0.39 is 5.56 Å². The standard InChI is InChI=1S/C8H12ClN3O2/c1-5(2-3-13)11-6-4-10-12-8(14)7(6)9/h4-5,13H,2-3H2,1H3,(H2,11,12,14). The van der Waals surface area contributed by atoms with E-state index in [0.717, 1.165) is 0 Å². The molecule has 0 bridgehead atoms. The lowest BCUT2D eigenvalue weighted by atomic mass is 10.2. The van der Waals surface area contributed by atoms with Gasteiger partial charge in [0.1, 0.15) is 5.02 Å². The zero-order valence-corrected chi connectivity index (χ0v) is 8.51. The van der Waals surface area contributed by atoms with Gasteiger partial charge in [-0.25, -0.2) is 5.10 Å². The summed E-state index contributed by atoms with van der Waals surface area (Å²) in [5, 5.41) is 17.6. The Balaban J connectivity index is 2.76. The van der Waals surface area contributed by atoms with Crippen molar-refractivity contribution in [3.8, 4) is 0 Å². The Hall–Kier alpha value is -1.07. The topological polar surface area (TPSA) is 78.0 Å². The van der Waals surface area contributed by atoms with Crippen molar-refractivity contribution in [1.82, 2.24) is 10.2 Å². The summed E-state index contributed by atoms with van der Waals surface area (Å²) >= 11 is 5.73. The van der Waals surface area contributed by atoms with E-state index in [1.165, 1.54) is 6.20 Å². The maximum absolute atomic E-state index is 11.0. The molecule has 0 fully saturated rings. The Kier molecular flexibility index (Phi) is 3.91. The van der Waals surface area contributed by atoms with Gasteiger partial charge in [0.25, 0.3) is 5.56 Å². The molecule has 0 aliphatic heterocycles. The van der Waals surface area contributed by atoms with E-state index >= 15 is 0 Å². The number of aromatic amines is 1. The quantitative estimate of drug-likeness (QED) is 0.691. The predicted octanol–water partition coefficient (Wildman–Crippen LogP) is 0.606. The molecule has 3 N–H and O–H groups in total. The number of nitrogens with zero attached hydrogens (tertiary/aromatic N) is 1. The molecule has 0 spiro atoms. The van der Waals surface area contributed by atoms with Gasteiger partial charge in [-0.3, -0.25) is 4.79 Å². The van der Waals surface area contributed by atoms with Crippen LogP contribution in [0.25, 0.3) is 0 Å². The van der Waals surface area contributed by atoms with Crippen molar-refractivity contribution in [2.45, 2.75) is 19.4 Å². The summed E-state index contributed by atoms with van der Waals surface area (Å²) in [5.41, 5.74) is 0.0595. The van der Waals surface area contributed by atoms with Crippen molar-refractivity contribution < 1.29 is 5.11 Å². The number of halogens is 1. The van der Waals surface area contributed by atoms with Gasteiger partial charge in [0.15, 0.2) is 0 Å². The molecule has 0 radical (unpaired) electrons. The van der Waals surface area contributed by atoms with Crippen LogP contribution in [-0.4, -0.2) is 28.0 Å². The Labute approximate surface area is 86.1 Å². The van der Waals surface area contributed by atoms with E-state index in [2.05, 4.69) is 15.5 Å². The number of aromatic nitrogens is 2. The third-order valence-electron chi connectivity index (χ3n) is 1.76. The molecule has 0 amide bonds. The molecule has 1 atom stereocenters. The minimum absolute atomic E-state index is 0.0427. The third kappa shape index (κ3) is 2.71. The first-order valence-corrected chi connectivity index (χ1v) is 4.63. The zero-order chi connectivity index (χ0) is 10.6. The SMILES string of the molecule is CC(CCO)Nc1cn[nH]c(=O)c1Cl. The van der Waals surface area contributed by atoms with Crippen LogP contribution in [0.15, 0.2) is 11.0 Å². The second-order valence-corrected chi connectivity index (χ2v) is 3.36. The summed E-state index contributed by atoms with van der Waals surface area (Å²) in [6, 6.07) is 0.0427. The molecular formula is C8H12ClN3O2. The van der Waals surface area contributed by atoms with Crippen LogP contribution in [0.2, 0.25) is 5.02 Å². The zero-order valence-electron chi connectivity index (χ0n) is 7.75. The van der Waals surface area contributed by atoms with Gasteiger partial charge in [0.2, 0.25) is 0 Å². The molecule has 6 heteroatoms. The second-order valence-electron chi connectivity index (χ2n) is 2.98. The second kappa shape index (κ2) is 4.97. The first kappa shape index (κ1) is 11.0. The minimum atomic E-state index is -0.423. The normalized spacial score (nSPS) is 12.5. The molecule has 1 aromatic heterocycles. The third-order valence-corrected chi connectivity index (χ3v) is 2.13. The number of nitrogens with one attached hydrogen (secondary N) is 2. The maximum Gasteiger partial charge on any atom is 0.285 e. The molecule has 1 rings (SSSR count). The Morgan fingerprint density at radius 3 is 3.14 bits per heavy atom. The summed E-state index contributed by atoms with van der Waals surface area (Å²) in [4.78, 5) is 11.0. The first-order valence-electron chi connectivity index (χ1n) is 4.25. The van der Waals surface area contributed by atoms with Crippen molar-refractivity contribution in [3.05, 3.63) is 21.6 Å². The van der Waals surface area contributed by atoms with Gasteiger partial charge in [-0.2, -0.15) is 5.10 Å². The van der Waals surface area contributed by atoms with Crippen LogP contribution < -0.4 is 10.9 Å². The van der Waals surface area contributed by atoms with E-state index in [4.69, 9.17) is 16.7 Å². The van der Waals surface area contributed by atoms with Crippen molar-refractivity contribution in [3.63, 3.8) is 0 Å². The molecule has 1 unspecified atom stereocenters. The largest absolute Gasteiger partial charge is 0.396 e. The molecule has 0 saturated carbocycles. The lowest BCUT2D eigenvalue weighted by Gasteiger charge is -2.13. The van der Waals surface area contributed by atoms with Gasteiger partial charge in [-0.15, -0.1) is 0 Å². The fraction of sp³-hybridized carbons (Fsp3) is 0.500. The van der Waals surface area contributed by atoms with Gasteiger partial charge >= 0.3 is 0 Å². The number of aliphatic hydroxyl groups excluding tert-OH is 1. The highest BCUT2D eigenvalue weighted by Crippen LogP contribution is 2.15. The minimum Gasteiger partial charge on any atom is -0.396 e. The van der Waals surface area contributed by atoms with Crippen molar-refractivity contribution in [2.75, 3.05) is 11.9 Å². The average molecular weight is 218 g/mol. The first-order chi connectivity index (χ1) is 6.65. The summed E-state index contributed by atoms with van der Waals surface area (Å²) in [6.07, 6.45) is 2.03. The summed E-state index contributed by atoms with van der Waals surface area (Å²) < 4.78 is 0. The predicted molar refractivity (Wildman–Crippen MR) is 54.7 cm³/mol. The fourth-order valence-electron chi connectivity index (χ4n) is 1.02. The van der Waals surface area contributed by atoms with Crippen LogP contribution in [-0.2, 0) is 0 Å². The summed E-state index contributed by atoms with van der Waals surface area (Å²) in [6.45, 7) is 1.97. The molecule has 14 heavy (non-hydrogen) atoms. The van der Waals surface area contributed by atoms with Crippen LogP contribution in [0.1, 0.15) is 13.3 Å². The molecule has 1 aromatic rings. The Bertz CT molecular complexity index is 353. The van der Waals surface area contributed by atoms with Crippen LogP contribution in [0.4, 0.5) is 5.69 Å². The number of rotatable bonds is 4. The molecule has 0 aliphatic rings. The van der Waals surface area contributed by atoms with Crippen molar-refractivity contribution in [1.29, 1.82) is 0 Å². The summed E-state index contributed by atoms with van der Waals surface area (Å²) in [7, 11) is 0. The lowest BCUT2D eigenvalue weighted by Crippen LogP contribution is -2.19. The molecule has 0 aliphatic carbocycles. The monoisotopic (exact) mass is 217 g/mol. The van der Waals surface area contributed by atoms with E-state index in [-0.39, 0.29) is 17.7 Å². The highest BCUT2D eigenvalue weighted by molar-refractivity contribution is 6.32. The lowest BCUT2D eigenvalue weighted by molar-refractivity contribution is 0.282. The maximum atomic E-state index is 11.0. The van der Waals surface area contributed by atoms with Crippen LogP contribution in [0.3, 0.4) is 0 Å². The molecule has 78 valence electrons. The highest BCUT2D eigenvalue weighted by Gasteiger charge is 2.07. The van der Waals surface area contributed by atoms with Gasteiger partial charge in [-0.05, 0) is 13.3 Å². The van der Waals surface area contributed by atoms with Crippen molar-refractivity contribution in [2.24, 2.45) is 0 Å². The number of hydrogen-bond acceptors (Lipinski definition) is 4. The molecule has 0 aromatic carbocycles. The van der Waals surface area contributed by atoms with Crippen molar-refractivity contribution >= 4 is 17.3 Å². The van der Waals surface area contributed by atoms with Gasteiger partial charge < -0.3 is 10.4 Å². The molecule has 5 nitrogen and oxygen atoms in total. The van der Waals surface area contributed by atoms with Gasteiger partial charge in [0.05, 0.1) is 11.9 Å². The van der Waals surface area contributed by atoms with Crippen LogP contribution in [0.5, 0.6) is 0 Å². The number of aliphatic hydroxyl groups is 1. The smallest absolute Gasteiger partial charge is 0.285 e. The van der Waals surface area contributed by atoms with Gasteiger partial charge in [-0.1, -0.05) is 11.6 Å². The van der Waals surface area contributed by atoms with Crippen LogP contribution in [0, 0.1) is 0 Å². The molecular weight excluding hydrogens is 206 g/mol. The van der Waals surface area contributed by atoms with E-state index in [0.29, 0.717) is 12.1 Å². The number of hydrogen-bond donors (Lipinski definition) is 3. The Morgan fingerprint density at radius 2 is 2.50 bits per heavy atom. The average Bonchev–Trinajstić information content (AvgIpc) is 2.13. The highest BCUT2D eigenvalue weighted by atomic mass is 35.5. The molecule has 1 heterocycles. The van der Waals surface area contributed by atoms with E-state index in [1.807, 2.05) is 6.92 Å². The summed E-state index contributed by atoms with van der Waals surface area (Å²) in [5.74, 6) is 0. The van der Waals surface area contributed by atoms with E-state index in [1.54, 1.807) is 0 Å².